The number of sulfonamides is 1. The monoisotopic (exact) mass is 306 g/mol. The highest BCUT2D eigenvalue weighted by atomic mass is 32.2. The Kier molecular flexibility index (Phi) is 6.93. The Labute approximate surface area is 119 Å². The van der Waals surface area contributed by atoms with Crippen LogP contribution < -0.4 is 10.5 Å². The SMILES string of the molecule is CCCn1cc(S(=O)(=O)NCCCOCCO)c(N)n1. The lowest BCUT2D eigenvalue weighted by molar-refractivity contribution is 0.0913. The van der Waals surface area contributed by atoms with Crippen molar-refractivity contribution in [2.24, 2.45) is 0 Å². The second kappa shape index (κ2) is 8.20. The number of ether oxygens (including phenoxy) is 1. The molecular formula is C11H22N4O4S. The highest BCUT2D eigenvalue weighted by Crippen LogP contribution is 2.16. The molecule has 0 atom stereocenters. The first-order valence-electron chi connectivity index (χ1n) is 6.52. The minimum absolute atomic E-state index is 0.00206. The Morgan fingerprint density at radius 3 is 2.90 bits per heavy atom. The number of rotatable bonds is 10. The number of aromatic nitrogens is 2. The lowest BCUT2D eigenvalue weighted by Crippen LogP contribution is -2.26. The summed E-state index contributed by atoms with van der Waals surface area (Å²) < 4.78 is 33.1. The number of nitrogens with two attached hydrogens (primary N) is 1. The van der Waals surface area contributed by atoms with Crippen LogP contribution in [0.4, 0.5) is 5.82 Å². The maximum Gasteiger partial charge on any atom is 0.245 e. The molecule has 4 N–H and O–H groups in total. The molecule has 0 aromatic carbocycles. The summed E-state index contributed by atoms with van der Waals surface area (Å²) in [6.07, 6.45) is 2.79. The first-order valence-corrected chi connectivity index (χ1v) is 8.00. The van der Waals surface area contributed by atoms with Crippen LogP contribution in [0.15, 0.2) is 11.1 Å². The zero-order valence-electron chi connectivity index (χ0n) is 11.6. The first-order chi connectivity index (χ1) is 9.51. The van der Waals surface area contributed by atoms with E-state index in [2.05, 4.69) is 9.82 Å². The van der Waals surface area contributed by atoms with Gasteiger partial charge in [-0.1, -0.05) is 6.92 Å². The van der Waals surface area contributed by atoms with Gasteiger partial charge in [0.05, 0.1) is 13.2 Å². The topological polar surface area (TPSA) is 119 Å². The molecule has 0 saturated heterocycles. The Morgan fingerprint density at radius 2 is 2.25 bits per heavy atom. The van der Waals surface area contributed by atoms with Crippen LogP contribution in [-0.4, -0.2) is 49.7 Å². The minimum Gasteiger partial charge on any atom is -0.394 e. The Hall–Kier alpha value is -1.16. The standard InChI is InChI=1S/C11H22N4O4S/c1-2-5-15-9-10(11(12)14-15)20(17,18)13-4-3-7-19-8-6-16/h9,13,16H,2-8H2,1H3,(H2,12,14). The van der Waals surface area contributed by atoms with E-state index in [9.17, 15) is 8.42 Å². The van der Waals surface area contributed by atoms with Gasteiger partial charge in [-0.15, -0.1) is 0 Å². The minimum atomic E-state index is -3.64. The summed E-state index contributed by atoms with van der Waals surface area (Å²) >= 11 is 0. The summed E-state index contributed by atoms with van der Waals surface area (Å²) in [6.45, 7) is 3.42. The number of aliphatic hydroxyl groups is 1. The van der Waals surface area contributed by atoms with Crippen molar-refractivity contribution in [1.82, 2.24) is 14.5 Å². The molecule has 20 heavy (non-hydrogen) atoms. The van der Waals surface area contributed by atoms with E-state index < -0.39 is 10.0 Å². The van der Waals surface area contributed by atoms with Crippen molar-refractivity contribution in [3.63, 3.8) is 0 Å². The van der Waals surface area contributed by atoms with Gasteiger partial charge in [0.15, 0.2) is 5.82 Å². The van der Waals surface area contributed by atoms with Gasteiger partial charge in [0.25, 0.3) is 0 Å². The maximum atomic E-state index is 12.0. The summed E-state index contributed by atoms with van der Waals surface area (Å²) in [4.78, 5) is 0.00206. The summed E-state index contributed by atoms with van der Waals surface area (Å²) in [7, 11) is -3.64. The molecule has 0 aliphatic carbocycles. The second-order valence-corrected chi connectivity index (χ2v) is 5.96. The van der Waals surface area contributed by atoms with Crippen LogP contribution in [0.1, 0.15) is 19.8 Å². The number of nitrogen functional groups attached to an aromatic ring is 1. The van der Waals surface area contributed by atoms with Crippen molar-refractivity contribution >= 4 is 15.8 Å². The Balaban J connectivity index is 2.51. The van der Waals surface area contributed by atoms with E-state index in [0.717, 1.165) is 6.42 Å². The van der Waals surface area contributed by atoms with E-state index in [4.69, 9.17) is 15.6 Å². The Morgan fingerprint density at radius 1 is 1.50 bits per heavy atom. The molecule has 116 valence electrons. The second-order valence-electron chi connectivity index (χ2n) is 4.23. The molecule has 8 nitrogen and oxygen atoms in total. The quantitative estimate of drug-likeness (QED) is 0.504. The normalized spacial score (nSPS) is 11.9. The number of aryl methyl sites for hydroxylation is 1. The fourth-order valence-electron chi connectivity index (χ4n) is 1.59. The van der Waals surface area contributed by atoms with Gasteiger partial charge in [0.2, 0.25) is 10.0 Å². The van der Waals surface area contributed by atoms with Gasteiger partial charge in [-0.3, -0.25) is 4.68 Å². The van der Waals surface area contributed by atoms with Gasteiger partial charge in [-0.05, 0) is 12.8 Å². The van der Waals surface area contributed by atoms with Gasteiger partial charge in [0, 0.05) is 25.9 Å². The molecule has 0 fully saturated rings. The molecule has 0 aliphatic heterocycles. The lowest BCUT2D eigenvalue weighted by atomic mass is 10.5. The fourth-order valence-corrected chi connectivity index (χ4v) is 2.74. The summed E-state index contributed by atoms with van der Waals surface area (Å²) in [5.74, 6) is 0.00230. The molecule has 1 heterocycles. The van der Waals surface area contributed by atoms with Gasteiger partial charge in [-0.25, -0.2) is 13.1 Å². The van der Waals surface area contributed by atoms with Crippen molar-refractivity contribution < 1.29 is 18.3 Å². The van der Waals surface area contributed by atoms with Crippen LogP contribution in [0.3, 0.4) is 0 Å². The van der Waals surface area contributed by atoms with Crippen LogP contribution >= 0.6 is 0 Å². The summed E-state index contributed by atoms with van der Waals surface area (Å²) in [5, 5.41) is 12.5. The predicted octanol–water partition coefficient (Wildman–Crippen LogP) is -0.447. The van der Waals surface area contributed by atoms with E-state index in [1.54, 1.807) is 0 Å². The molecular weight excluding hydrogens is 284 g/mol. The van der Waals surface area contributed by atoms with E-state index in [1.807, 2.05) is 6.92 Å². The third-order valence-corrected chi connectivity index (χ3v) is 3.97. The van der Waals surface area contributed by atoms with E-state index in [0.29, 0.717) is 19.6 Å². The van der Waals surface area contributed by atoms with E-state index in [1.165, 1.54) is 10.9 Å². The molecule has 1 aromatic heterocycles. The number of aliphatic hydroxyl groups excluding tert-OH is 1. The number of anilines is 1. The van der Waals surface area contributed by atoms with Crippen LogP contribution in [0, 0.1) is 0 Å². The van der Waals surface area contributed by atoms with E-state index in [-0.39, 0.29) is 30.5 Å². The molecule has 1 aromatic rings. The summed E-state index contributed by atoms with van der Waals surface area (Å²) in [5.41, 5.74) is 5.62. The smallest absolute Gasteiger partial charge is 0.245 e. The molecule has 0 bridgehead atoms. The van der Waals surface area contributed by atoms with Crippen LogP contribution in [0.2, 0.25) is 0 Å². The number of hydrogen-bond donors (Lipinski definition) is 3. The molecule has 9 heteroatoms. The fraction of sp³-hybridized carbons (Fsp3) is 0.727. The predicted molar refractivity (Wildman–Crippen MR) is 74.6 cm³/mol. The van der Waals surface area contributed by atoms with Crippen molar-refractivity contribution in [2.75, 3.05) is 32.1 Å². The zero-order valence-corrected chi connectivity index (χ0v) is 12.4. The first kappa shape index (κ1) is 16.9. The van der Waals surface area contributed by atoms with Crippen molar-refractivity contribution in [3.05, 3.63) is 6.20 Å². The van der Waals surface area contributed by atoms with E-state index >= 15 is 0 Å². The highest BCUT2D eigenvalue weighted by molar-refractivity contribution is 7.89. The van der Waals surface area contributed by atoms with Gasteiger partial charge in [0.1, 0.15) is 4.90 Å². The lowest BCUT2D eigenvalue weighted by Gasteiger charge is -2.05. The van der Waals surface area contributed by atoms with Crippen molar-refractivity contribution in [2.45, 2.75) is 31.2 Å². The average molecular weight is 306 g/mol. The van der Waals surface area contributed by atoms with Crippen LogP contribution in [0.25, 0.3) is 0 Å². The average Bonchev–Trinajstić information content (AvgIpc) is 2.76. The third-order valence-electron chi connectivity index (χ3n) is 2.49. The molecule has 1 rings (SSSR count). The molecule has 0 unspecified atom stereocenters. The molecule has 0 aliphatic rings. The third kappa shape index (κ3) is 5.08. The number of hydrogen-bond acceptors (Lipinski definition) is 6. The molecule has 0 radical (unpaired) electrons. The van der Waals surface area contributed by atoms with Gasteiger partial charge < -0.3 is 15.6 Å². The van der Waals surface area contributed by atoms with Crippen LogP contribution in [-0.2, 0) is 21.3 Å². The Bertz CT molecular complexity index is 501. The molecule has 0 amide bonds. The largest absolute Gasteiger partial charge is 0.394 e. The number of nitrogens with one attached hydrogen (secondary N) is 1. The highest BCUT2D eigenvalue weighted by Gasteiger charge is 2.20. The van der Waals surface area contributed by atoms with Crippen molar-refractivity contribution in [1.29, 1.82) is 0 Å². The van der Waals surface area contributed by atoms with Crippen molar-refractivity contribution in [3.8, 4) is 0 Å². The van der Waals surface area contributed by atoms with Crippen LogP contribution in [0.5, 0.6) is 0 Å². The maximum absolute atomic E-state index is 12.0. The van der Waals surface area contributed by atoms with Gasteiger partial charge >= 0.3 is 0 Å². The number of nitrogens with zero attached hydrogens (tertiary/aromatic N) is 2. The zero-order chi connectivity index (χ0) is 15.0. The van der Waals surface area contributed by atoms with Gasteiger partial charge in [-0.2, -0.15) is 5.10 Å². The summed E-state index contributed by atoms with van der Waals surface area (Å²) in [6, 6.07) is 0. The molecule has 0 saturated carbocycles. The molecule has 0 spiro atoms.